The van der Waals surface area contributed by atoms with E-state index in [1.54, 1.807) is 7.11 Å². The molecule has 0 radical (unpaired) electrons. The van der Waals surface area contributed by atoms with Crippen LogP contribution in [0.2, 0.25) is 0 Å². The summed E-state index contributed by atoms with van der Waals surface area (Å²) in [6, 6.07) is 7.49. The lowest BCUT2D eigenvalue weighted by Gasteiger charge is -2.20. The van der Waals surface area contributed by atoms with Gasteiger partial charge in [-0.15, -0.1) is 0 Å². The van der Waals surface area contributed by atoms with Gasteiger partial charge in [0.05, 0.1) is 12.7 Å². The number of nitrogens with two attached hydrogens (primary N) is 1. The Kier molecular flexibility index (Phi) is 7.92. The lowest BCUT2D eigenvalue weighted by molar-refractivity contribution is -0.116. The molecule has 1 amide bonds. The van der Waals surface area contributed by atoms with Gasteiger partial charge in [0.25, 0.3) is 0 Å². The molecule has 1 unspecified atom stereocenters. The molecule has 0 bridgehead atoms. The first kappa shape index (κ1) is 17.6. The quantitative estimate of drug-likeness (QED) is 0.614. The molecular formula is C15H25N3O3. The largest absolute Gasteiger partial charge is 0.389 e. The van der Waals surface area contributed by atoms with Crippen molar-refractivity contribution in [2.24, 2.45) is 5.73 Å². The van der Waals surface area contributed by atoms with E-state index in [0.717, 1.165) is 11.3 Å². The fourth-order valence-electron chi connectivity index (χ4n) is 2.02. The normalized spacial score (nSPS) is 12.4. The van der Waals surface area contributed by atoms with E-state index < -0.39 is 6.10 Å². The van der Waals surface area contributed by atoms with Crippen molar-refractivity contribution >= 4 is 11.6 Å². The highest BCUT2D eigenvalue weighted by Crippen LogP contribution is 2.14. The zero-order valence-corrected chi connectivity index (χ0v) is 12.7. The van der Waals surface area contributed by atoms with Crippen molar-refractivity contribution < 1.29 is 14.6 Å². The highest BCUT2D eigenvalue weighted by Gasteiger charge is 2.10. The summed E-state index contributed by atoms with van der Waals surface area (Å²) in [7, 11) is 3.41. The molecule has 0 saturated carbocycles. The first-order valence-corrected chi connectivity index (χ1v) is 7.00. The van der Waals surface area contributed by atoms with Crippen molar-refractivity contribution in [3.05, 3.63) is 29.8 Å². The van der Waals surface area contributed by atoms with Crippen LogP contribution in [0.25, 0.3) is 0 Å². The van der Waals surface area contributed by atoms with Crippen molar-refractivity contribution in [2.45, 2.75) is 19.1 Å². The van der Waals surface area contributed by atoms with Crippen LogP contribution in [0.4, 0.5) is 5.69 Å². The molecule has 0 fully saturated rings. The van der Waals surface area contributed by atoms with Crippen molar-refractivity contribution in [2.75, 3.05) is 39.2 Å². The number of nitrogens with one attached hydrogen (secondary N) is 1. The number of anilines is 1. The average Bonchev–Trinajstić information content (AvgIpc) is 2.46. The highest BCUT2D eigenvalue weighted by atomic mass is 16.5. The SMILES string of the molecule is COCC(O)CN(C)CCC(=O)Nc1ccccc1CN. The molecular weight excluding hydrogens is 270 g/mol. The first-order chi connectivity index (χ1) is 10.1. The van der Waals surface area contributed by atoms with Crippen LogP contribution in [0.1, 0.15) is 12.0 Å². The molecule has 1 aromatic carbocycles. The van der Waals surface area contributed by atoms with Gasteiger partial charge in [0.1, 0.15) is 0 Å². The number of rotatable bonds is 9. The number of nitrogens with zero attached hydrogens (tertiary/aromatic N) is 1. The number of methoxy groups -OCH3 is 1. The van der Waals surface area contributed by atoms with Crippen LogP contribution in [0.15, 0.2) is 24.3 Å². The van der Waals surface area contributed by atoms with Crippen LogP contribution >= 0.6 is 0 Å². The van der Waals surface area contributed by atoms with Gasteiger partial charge in [-0.1, -0.05) is 18.2 Å². The van der Waals surface area contributed by atoms with Crippen LogP contribution < -0.4 is 11.1 Å². The number of ether oxygens (including phenoxy) is 1. The molecule has 1 rings (SSSR count). The highest BCUT2D eigenvalue weighted by molar-refractivity contribution is 5.91. The van der Waals surface area contributed by atoms with E-state index in [0.29, 0.717) is 32.7 Å². The Balaban J connectivity index is 2.37. The minimum atomic E-state index is -0.541. The van der Waals surface area contributed by atoms with Gasteiger partial charge in [-0.25, -0.2) is 0 Å². The fraction of sp³-hybridized carbons (Fsp3) is 0.533. The molecule has 6 nitrogen and oxygen atoms in total. The number of aliphatic hydroxyl groups excluding tert-OH is 1. The second kappa shape index (κ2) is 9.46. The number of benzene rings is 1. The summed E-state index contributed by atoms with van der Waals surface area (Å²) in [5.41, 5.74) is 7.30. The summed E-state index contributed by atoms with van der Waals surface area (Å²) >= 11 is 0. The average molecular weight is 295 g/mol. The van der Waals surface area contributed by atoms with E-state index in [9.17, 15) is 9.90 Å². The summed E-state index contributed by atoms with van der Waals surface area (Å²) in [6.45, 7) is 1.72. The van der Waals surface area contributed by atoms with Crippen LogP contribution in [-0.4, -0.2) is 55.9 Å². The predicted molar refractivity (Wildman–Crippen MR) is 83.0 cm³/mol. The van der Waals surface area contributed by atoms with Gasteiger partial charge in [0.2, 0.25) is 5.91 Å². The van der Waals surface area contributed by atoms with Crippen LogP contribution in [0, 0.1) is 0 Å². The number of carbonyl (C=O) groups is 1. The summed E-state index contributed by atoms with van der Waals surface area (Å²) in [6.07, 6.45) is -0.184. The van der Waals surface area contributed by atoms with Gasteiger partial charge in [-0.2, -0.15) is 0 Å². The fourth-order valence-corrected chi connectivity index (χ4v) is 2.02. The van der Waals surface area contributed by atoms with Crippen molar-refractivity contribution in [1.82, 2.24) is 4.90 Å². The Morgan fingerprint density at radius 2 is 2.19 bits per heavy atom. The van der Waals surface area contributed by atoms with E-state index in [-0.39, 0.29) is 5.91 Å². The predicted octanol–water partition coefficient (Wildman–Crippen LogP) is 0.413. The molecule has 0 aromatic heterocycles. The van der Waals surface area contributed by atoms with Crippen molar-refractivity contribution in [3.63, 3.8) is 0 Å². The maximum absolute atomic E-state index is 11.9. The van der Waals surface area contributed by atoms with E-state index in [1.165, 1.54) is 0 Å². The van der Waals surface area contributed by atoms with Gasteiger partial charge in [-0.3, -0.25) is 4.79 Å². The standard InChI is InChI=1S/C15H25N3O3/c1-18(10-13(19)11-21-2)8-7-15(20)17-14-6-4-3-5-12(14)9-16/h3-6,13,19H,7-11,16H2,1-2H3,(H,17,20). The summed E-state index contributed by atoms with van der Waals surface area (Å²) in [4.78, 5) is 13.8. The van der Waals surface area contributed by atoms with Crippen LogP contribution in [0.5, 0.6) is 0 Å². The number of carbonyl (C=O) groups excluding carboxylic acids is 1. The topological polar surface area (TPSA) is 87.8 Å². The number of para-hydroxylation sites is 1. The Labute approximate surface area is 125 Å². The molecule has 1 atom stereocenters. The Morgan fingerprint density at radius 1 is 1.48 bits per heavy atom. The zero-order valence-electron chi connectivity index (χ0n) is 12.7. The van der Waals surface area contributed by atoms with E-state index in [1.807, 2.05) is 36.2 Å². The second-order valence-electron chi connectivity index (χ2n) is 5.03. The van der Waals surface area contributed by atoms with Crippen LogP contribution in [-0.2, 0) is 16.1 Å². The summed E-state index contributed by atoms with van der Waals surface area (Å²) in [5, 5.41) is 12.5. The number of amides is 1. The smallest absolute Gasteiger partial charge is 0.225 e. The third kappa shape index (κ3) is 6.68. The third-order valence-corrected chi connectivity index (χ3v) is 3.11. The monoisotopic (exact) mass is 295 g/mol. The first-order valence-electron chi connectivity index (χ1n) is 7.00. The Hall–Kier alpha value is -1.47. The molecule has 0 spiro atoms. The molecule has 0 heterocycles. The van der Waals surface area contributed by atoms with Gasteiger partial charge < -0.3 is 25.8 Å². The van der Waals surface area contributed by atoms with Crippen molar-refractivity contribution in [3.8, 4) is 0 Å². The number of likely N-dealkylation sites (N-methyl/N-ethyl adjacent to an activating group) is 1. The Bertz CT molecular complexity index is 440. The molecule has 21 heavy (non-hydrogen) atoms. The molecule has 118 valence electrons. The minimum Gasteiger partial charge on any atom is -0.389 e. The third-order valence-electron chi connectivity index (χ3n) is 3.11. The van der Waals surface area contributed by atoms with Gasteiger partial charge in [0, 0.05) is 38.9 Å². The number of hydrogen-bond donors (Lipinski definition) is 3. The molecule has 0 aliphatic heterocycles. The Morgan fingerprint density at radius 3 is 2.86 bits per heavy atom. The molecule has 6 heteroatoms. The second-order valence-corrected chi connectivity index (χ2v) is 5.03. The van der Waals surface area contributed by atoms with E-state index in [2.05, 4.69) is 5.32 Å². The van der Waals surface area contributed by atoms with Crippen molar-refractivity contribution in [1.29, 1.82) is 0 Å². The number of hydrogen-bond acceptors (Lipinski definition) is 5. The van der Waals surface area contributed by atoms with Gasteiger partial charge >= 0.3 is 0 Å². The van der Waals surface area contributed by atoms with Gasteiger partial charge in [0.15, 0.2) is 0 Å². The number of aliphatic hydroxyl groups is 1. The molecule has 0 saturated heterocycles. The molecule has 4 N–H and O–H groups in total. The maximum Gasteiger partial charge on any atom is 0.225 e. The summed E-state index contributed by atoms with van der Waals surface area (Å²) in [5.74, 6) is -0.0658. The molecule has 0 aliphatic carbocycles. The maximum atomic E-state index is 11.9. The zero-order chi connectivity index (χ0) is 15.7. The van der Waals surface area contributed by atoms with Gasteiger partial charge in [-0.05, 0) is 18.7 Å². The lowest BCUT2D eigenvalue weighted by atomic mass is 10.1. The van der Waals surface area contributed by atoms with E-state index in [4.69, 9.17) is 10.5 Å². The van der Waals surface area contributed by atoms with E-state index >= 15 is 0 Å². The van der Waals surface area contributed by atoms with Crippen LogP contribution in [0.3, 0.4) is 0 Å². The summed E-state index contributed by atoms with van der Waals surface area (Å²) < 4.78 is 4.87. The minimum absolute atomic E-state index is 0.0658. The lowest BCUT2D eigenvalue weighted by Crippen LogP contribution is -2.34. The molecule has 0 aliphatic rings. The molecule has 1 aromatic rings.